The predicted molar refractivity (Wildman–Crippen MR) is 53.0 cm³/mol. The molecule has 0 aliphatic heterocycles. The van der Waals surface area contributed by atoms with Gasteiger partial charge in [0.1, 0.15) is 0 Å². The number of anilines is 1. The molecule has 0 fully saturated rings. The van der Waals surface area contributed by atoms with Crippen LogP contribution in [0.5, 0.6) is 0 Å². The van der Waals surface area contributed by atoms with Gasteiger partial charge in [-0.05, 0) is 0 Å². The highest BCUT2D eigenvalue weighted by molar-refractivity contribution is 7.91. The maximum atomic E-state index is 11.4. The Balaban J connectivity index is 3.38. The van der Waals surface area contributed by atoms with E-state index in [1.165, 1.54) is 6.92 Å². The molecule has 0 saturated heterocycles. The summed E-state index contributed by atoms with van der Waals surface area (Å²) in [4.78, 5) is 13.0. The lowest BCUT2D eigenvalue weighted by Crippen LogP contribution is -2.07. The number of hydrogen-bond acceptors (Lipinski definition) is 6. The molecule has 0 aliphatic rings. The number of nitrogens with two attached hydrogens (primary N) is 1. The molecule has 8 heteroatoms. The van der Waals surface area contributed by atoms with Crippen LogP contribution in [0.1, 0.15) is 6.92 Å². The van der Waals surface area contributed by atoms with Crippen LogP contribution in [0.4, 0.5) is 11.5 Å². The molecule has 0 atom stereocenters. The van der Waals surface area contributed by atoms with Crippen molar-refractivity contribution < 1.29 is 13.3 Å². The van der Waals surface area contributed by atoms with Gasteiger partial charge in [-0.25, -0.2) is 13.4 Å². The molecular formula is C7H9N3O4S. The van der Waals surface area contributed by atoms with Gasteiger partial charge in [-0.2, -0.15) is 0 Å². The van der Waals surface area contributed by atoms with E-state index in [1.54, 1.807) is 0 Å². The van der Waals surface area contributed by atoms with Gasteiger partial charge in [0.15, 0.2) is 9.84 Å². The van der Waals surface area contributed by atoms with Crippen LogP contribution in [0.3, 0.4) is 0 Å². The van der Waals surface area contributed by atoms with Gasteiger partial charge in [0.25, 0.3) is 0 Å². The molecule has 0 aromatic carbocycles. The number of nitro groups is 1. The summed E-state index contributed by atoms with van der Waals surface area (Å²) in [5.74, 6) is -0.439. The molecule has 0 spiro atoms. The SMILES string of the molecule is CCS(=O)(=O)c1cnc(N)c([N+](=O)[O-])c1. The van der Waals surface area contributed by atoms with Gasteiger partial charge in [-0.1, -0.05) is 6.92 Å². The van der Waals surface area contributed by atoms with Crippen LogP contribution in [-0.4, -0.2) is 24.1 Å². The molecule has 0 unspecified atom stereocenters. The lowest BCUT2D eigenvalue weighted by atomic mass is 10.4. The van der Waals surface area contributed by atoms with E-state index in [4.69, 9.17) is 5.73 Å². The van der Waals surface area contributed by atoms with Crippen molar-refractivity contribution in [1.82, 2.24) is 4.98 Å². The smallest absolute Gasteiger partial charge is 0.312 e. The maximum Gasteiger partial charge on any atom is 0.312 e. The van der Waals surface area contributed by atoms with E-state index >= 15 is 0 Å². The fourth-order valence-electron chi connectivity index (χ4n) is 0.928. The van der Waals surface area contributed by atoms with Gasteiger partial charge in [0, 0.05) is 12.3 Å². The minimum absolute atomic E-state index is 0.143. The minimum Gasteiger partial charge on any atom is -0.378 e. The molecule has 0 bridgehead atoms. The first-order valence-electron chi connectivity index (χ1n) is 4.01. The van der Waals surface area contributed by atoms with Crippen LogP contribution in [0, 0.1) is 10.1 Å². The highest BCUT2D eigenvalue weighted by Gasteiger charge is 2.19. The van der Waals surface area contributed by atoms with Gasteiger partial charge in [0.05, 0.1) is 15.6 Å². The third-order valence-electron chi connectivity index (χ3n) is 1.81. The molecule has 0 saturated carbocycles. The van der Waals surface area contributed by atoms with Gasteiger partial charge < -0.3 is 5.73 Å². The van der Waals surface area contributed by atoms with Crippen molar-refractivity contribution in [2.24, 2.45) is 0 Å². The Morgan fingerprint density at radius 3 is 2.67 bits per heavy atom. The van der Waals surface area contributed by atoms with E-state index in [0.29, 0.717) is 0 Å². The number of sulfone groups is 1. The Morgan fingerprint density at radius 1 is 1.60 bits per heavy atom. The predicted octanol–water partition coefficient (Wildman–Crippen LogP) is 0.366. The second-order valence-corrected chi connectivity index (χ2v) is 5.01. The molecule has 1 aromatic rings. The van der Waals surface area contributed by atoms with Crippen molar-refractivity contribution in [3.05, 3.63) is 22.4 Å². The lowest BCUT2D eigenvalue weighted by molar-refractivity contribution is -0.384. The second-order valence-electron chi connectivity index (χ2n) is 2.74. The van der Waals surface area contributed by atoms with Crippen LogP contribution in [0.15, 0.2) is 17.2 Å². The number of nitrogens with zero attached hydrogens (tertiary/aromatic N) is 2. The minimum atomic E-state index is -3.49. The van der Waals surface area contributed by atoms with E-state index in [0.717, 1.165) is 12.3 Å². The van der Waals surface area contributed by atoms with Crippen molar-refractivity contribution in [3.8, 4) is 0 Å². The number of hydrogen-bond donors (Lipinski definition) is 1. The molecular weight excluding hydrogens is 222 g/mol. The van der Waals surface area contributed by atoms with Crippen LogP contribution < -0.4 is 5.73 Å². The van der Waals surface area contributed by atoms with Crippen molar-refractivity contribution in [2.45, 2.75) is 11.8 Å². The zero-order valence-electron chi connectivity index (χ0n) is 7.87. The van der Waals surface area contributed by atoms with Gasteiger partial charge >= 0.3 is 5.69 Å². The van der Waals surface area contributed by atoms with E-state index in [1.807, 2.05) is 0 Å². The number of pyridine rings is 1. The summed E-state index contributed by atoms with van der Waals surface area (Å²) in [7, 11) is -3.49. The Labute approximate surface area is 86.0 Å². The summed E-state index contributed by atoms with van der Waals surface area (Å²) in [6.07, 6.45) is 1.02. The molecule has 0 aliphatic carbocycles. The first-order valence-corrected chi connectivity index (χ1v) is 5.66. The fourth-order valence-corrected chi connectivity index (χ4v) is 1.77. The van der Waals surface area contributed by atoms with Gasteiger partial charge in [-0.15, -0.1) is 0 Å². The highest BCUT2D eigenvalue weighted by Crippen LogP contribution is 2.22. The second kappa shape index (κ2) is 3.81. The average molecular weight is 231 g/mol. The quantitative estimate of drug-likeness (QED) is 0.593. The Hall–Kier alpha value is -1.70. The monoisotopic (exact) mass is 231 g/mol. The average Bonchev–Trinajstić information content (AvgIpc) is 2.17. The molecule has 2 N–H and O–H groups in total. The number of nitrogen functional groups attached to an aromatic ring is 1. The summed E-state index contributed by atoms with van der Waals surface area (Å²) in [6.45, 7) is 1.44. The summed E-state index contributed by atoms with van der Waals surface area (Å²) < 4.78 is 22.8. The van der Waals surface area contributed by atoms with Crippen molar-refractivity contribution >= 4 is 21.3 Å². The van der Waals surface area contributed by atoms with Crippen LogP contribution in [0.2, 0.25) is 0 Å². The maximum absolute atomic E-state index is 11.4. The summed E-state index contributed by atoms with van der Waals surface area (Å²) in [5.41, 5.74) is 4.73. The van der Waals surface area contributed by atoms with Crippen molar-refractivity contribution in [1.29, 1.82) is 0 Å². The largest absolute Gasteiger partial charge is 0.378 e. The van der Waals surface area contributed by atoms with Crippen LogP contribution in [-0.2, 0) is 9.84 Å². The molecule has 1 heterocycles. The molecule has 7 nitrogen and oxygen atoms in total. The zero-order chi connectivity index (χ0) is 11.6. The van der Waals surface area contributed by atoms with Crippen LogP contribution in [0.25, 0.3) is 0 Å². The Bertz CT molecular complexity index is 497. The molecule has 15 heavy (non-hydrogen) atoms. The summed E-state index contributed by atoms with van der Waals surface area (Å²) in [6, 6.07) is 0.918. The summed E-state index contributed by atoms with van der Waals surface area (Å²) >= 11 is 0. The van der Waals surface area contributed by atoms with Gasteiger partial charge in [-0.3, -0.25) is 10.1 Å². The van der Waals surface area contributed by atoms with Crippen molar-refractivity contribution in [3.63, 3.8) is 0 Å². The number of aromatic nitrogens is 1. The van der Waals surface area contributed by atoms with E-state index in [9.17, 15) is 18.5 Å². The molecule has 1 rings (SSSR count). The highest BCUT2D eigenvalue weighted by atomic mass is 32.2. The molecule has 82 valence electrons. The standard InChI is InChI=1S/C7H9N3O4S/c1-2-15(13,14)5-3-6(10(11)12)7(8)9-4-5/h3-4H,2H2,1H3,(H2,8,9). The van der Waals surface area contributed by atoms with Crippen LogP contribution >= 0.6 is 0 Å². The van der Waals surface area contributed by atoms with Crippen molar-refractivity contribution in [2.75, 3.05) is 11.5 Å². The topological polar surface area (TPSA) is 116 Å². The third kappa shape index (κ3) is 2.21. The molecule has 1 aromatic heterocycles. The van der Waals surface area contributed by atoms with E-state index < -0.39 is 20.4 Å². The van der Waals surface area contributed by atoms with E-state index in [-0.39, 0.29) is 16.5 Å². The third-order valence-corrected chi connectivity index (χ3v) is 3.51. The first-order chi connectivity index (χ1) is 6.88. The Kier molecular flexibility index (Phi) is 2.89. The van der Waals surface area contributed by atoms with Gasteiger partial charge in [0.2, 0.25) is 5.82 Å². The normalized spacial score (nSPS) is 11.3. The molecule has 0 radical (unpaired) electrons. The lowest BCUT2D eigenvalue weighted by Gasteiger charge is -2.01. The fraction of sp³-hybridized carbons (Fsp3) is 0.286. The first kappa shape index (κ1) is 11.4. The zero-order valence-corrected chi connectivity index (χ0v) is 8.69. The number of rotatable bonds is 3. The molecule has 0 amide bonds. The summed E-state index contributed by atoms with van der Waals surface area (Å²) in [5, 5.41) is 10.5. The Morgan fingerprint density at radius 2 is 2.20 bits per heavy atom. The van der Waals surface area contributed by atoms with E-state index in [2.05, 4.69) is 4.98 Å².